The number of aliphatic hydroxyl groups is 4. The van der Waals surface area contributed by atoms with E-state index in [0.717, 1.165) is 85.6 Å². The minimum atomic E-state index is -4.00. The van der Waals surface area contributed by atoms with Crippen molar-refractivity contribution in [2.75, 3.05) is 73.9 Å². The van der Waals surface area contributed by atoms with Crippen LogP contribution in [0.4, 0.5) is 11.4 Å². The smallest absolute Gasteiger partial charge is 0.264 e. The van der Waals surface area contributed by atoms with Gasteiger partial charge in [-0.05, 0) is 184 Å². The molecule has 0 radical (unpaired) electrons. The van der Waals surface area contributed by atoms with Gasteiger partial charge in [0.1, 0.15) is 11.5 Å². The maximum absolute atomic E-state index is 13.2. The van der Waals surface area contributed by atoms with Crippen molar-refractivity contribution in [1.29, 1.82) is 0 Å². The van der Waals surface area contributed by atoms with Crippen molar-refractivity contribution in [2.45, 2.75) is 100 Å². The largest absolute Gasteiger partial charge is 0.490 e. The van der Waals surface area contributed by atoms with E-state index >= 15 is 0 Å². The van der Waals surface area contributed by atoms with Crippen molar-refractivity contribution < 1.29 is 56.3 Å². The number of benzene rings is 4. The van der Waals surface area contributed by atoms with Crippen LogP contribution in [-0.2, 0) is 43.7 Å². The molecular formula is C62H74Cl2N4O12S2. The summed E-state index contributed by atoms with van der Waals surface area (Å²) in [7, 11) is -8.01. The van der Waals surface area contributed by atoms with Gasteiger partial charge in [-0.25, -0.2) is 26.3 Å². The number of ether oxygens (including phenoxy) is 2. The Hall–Kier alpha value is -5.18. The fourth-order valence-corrected chi connectivity index (χ4v) is 17.3. The Bertz CT molecular complexity index is 3140. The number of carbonyl (C=O) groups excluding carboxylic acids is 2. The van der Waals surface area contributed by atoms with Gasteiger partial charge in [0.2, 0.25) is 20.0 Å². The molecular weight excluding hydrogens is 1130 g/mol. The quantitative estimate of drug-likeness (QED) is 0.106. The van der Waals surface area contributed by atoms with E-state index in [1.807, 2.05) is 12.1 Å². The van der Waals surface area contributed by atoms with Crippen molar-refractivity contribution in [3.8, 4) is 11.5 Å². The second kappa shape index (κ2) is 24.1. The first-order valence-corrected chi connectivity index (χ1v) is 33.0. The molecule has 2 fully saturated rings. The van der Waals surface area contributed by atoms with Gasteiger partial charge in [-0.15, -0.1) is 0 Å². The Morgan fingerprint density at radius 3 is 1.40 bits per heavy atom. The number of rotatable bonds is 2. The third kappa shape index (κ3) is 12.5. The summed E-state index contributed by atoms with van der Waals surface area (Å²) in [6, 6.07) is 22.4. The monoisotopic (exact) mass is 1200 g/mol. The number of aryl methyl sites for hydroxylation is 2. The van der Waals surface area contributed by atoms with Crippen LogP contribution in [-0.4, -0.2) is 125 Å². The Morgan fingerprint density at radius 1 is 0.585 bits per heavy atom. The maximum Gasteiger partial charge on any atom is 0.264 e. The third-order valence-corrected chi connectivity index (χ3v) is 22.2. The van der Waals surface area contributed by atoms with Crippen molar-refractivity contribution in [2.24, 2.45) is 35.5 Å². The molecule has 12 rings (SSSR count). The average Bonchev–Trinajstić information content (AvgIpc) is 3.62. The summed E-state index contributed by atoms with van der Waals surface area (Å²) in [5.74, 6) is -1.45. The van der Waals surface area contributed by atoms with E-state index in [4.69, 9.17) is 32.7 Å². The second-order valence-electron chi connectivity index (χ2n) is 24.4. The van der Waals surface area contributed by atoms with Gasteiger partial charge in [0.15, 0.2) is 0 Å². The molecule has 2 spiro atoms. The number of halogens is 2. The molecule has 4 bridgehead atoms. The molecule has 20 heteroatoms. The Kier molecular flexibility index (Phi) is 17.2. The molecule has 4 aromatic carbocycles. The van der Waals surface area contributed by atoms with Crippen LogP contribution in [0.2, 0.25) is 10.0 Å². The summed E-state index contributed by atoms with van der Waals surface area (Å²) in [6.07, 6.45) is 15.9. The Morgan fingerprint density at radius 2 is 1.01 bits per heavy atom. The van der Waals surface area contributed by atoms with Crippen LogP contribution in [0.25, 0.3) is 0 Å². The van der Waals surface area contributed by atoms with Crippen LogP contribution in [0.15, 0.2) is 97.1 Å². The van der Waals surface area contributed by atoms with Gasteiger partial charge in [-0.2, -0.15) is 0 Å². The summed E-state index contributed by atoms with van der Waals surface area (Å²) in [5, 5.41) is 43.1. The van der Waals surface area contributed by atoms with Gasteiger partial charge in [0.25, 0.3) is 11.8 Å². The molecule has 2 amide bonds. The van der Waals surface area contributed by atoms with Crippen molar-refractivity contribution in [3.63, 3.8) is 0 Å². The number of nitrogens with one attached hydrogen (secondary N) is 2. The van der Waals surface area contributed by atoms with Gasteiger partial charge in [0, 0.05) is 83.2 Å². The fraction of sp³-hybridized carbons (Fsp3) is 0.516. The number of anilines is 2. The highest BCUT2D eigenvalue weighted by Crippen LogP contribution is 2.49. The molecule has 0 unspecified atom stereocenters. The average molecular weight is 1200 g/mol. The number of hydrogen-bond donors (Lipinski definition) is 6. The number of sulfonamides is 2. The predicted molar refractivity (Wildman–Crippen MR) is 316 cm³/mol. The zero-order valence-corrected chi connectivity index (χ0v) is 49.1. The molecule has 440 valence electrons. The number of hydrogen-bond acceptors (Lipinski definition) is 14. The molecule has 82 heavy (non-hydrogen) atoms. The lowest BCUT2D eigenvalue weighted by Crippen LogP contribution is -2.49. The van der Waals surface area contributed by atoms with Crippen LogP contribution < -0.4 is 28.7 Å². The summed E-state index contributed by atoms with van der Waals surface area (Å²) >= 11 is 12.7. The number of nitrogens with zero attached hydrogens (tertiary/aromatic N) is 2. The van der Waals surface area contributed by atoms with Crippen LogP contribution in [0.1, 0.15) is 107 Å². The normalized spacial score (nSPS) is 32.0. The van der Waals surface area contributed by atoms with E-state index in [-0.39, 0.29) is 71.7 Å². The molecule has 4 aliphatic heterocycles. The Labute approximate surface area is 491 Å². The number of allylic oxidation sites excluding steroid dienone is 2. The number of aliphatic hydroxyl groups excluding tert-OH is 4. The van der Waals surface area contributed by atoms with E-state index < -0.39 is 67.4 Å². The van der Waals surface area contributed by atoms with E-state index in [0.29, 0.717) is 50.9 Å². The highest BCUT2D eigenvalue weighted by molar-refractivity contribution is 7.90. The predicted octanol–water partition coefficient (Wildman–Crippen LogP) is 7.66. The SMILES string of the molecule is O=C1NS(=O)(=O)C[C@@H](CO)C/C=C/[C@@H](O)[C@@H]2CC[C@H]2CN2C[C@@]3(CCCc4cc(Cl)ccc43)COc3ccc1cc32.O=C1NS(=O)(=O)C[C@H](CO)C/C=C/[C@@H](O)[C@@H]2CC[C@H]2CN2C[C@@]3(CCCc4cc(Cl)ccc43)COc3ccc1cc32. The van der Waals surface area contributed by atoms with E-state index in [1.165, 1.54) is 22.3 Å². The fourth-order valence-electron chi connectivity index (χ4n) is 14.2. The van der Waals surface area contributed by atoms with E-state index in [9.17, 15) is 46.9 Å². The summed E-state index contributed by atoms with van der Waals surface area (Å²) in [5.41, 5.74) is 6.36. The first-order chi connectivity index (χ1) is 39.3. The summed E-state index contributed by atoms with van der Waals surface area (Å²) in [6.45, 7) is 2.98. The molecule has 0 saturated heterocycles. The Balaban J connectivity index is 0.000000172. The van der Waals surface area contributed by atoms with Gasteiger partial charge >= 0.3 is 0 Å². The molecule has 8 aliphatic rings. The molecule has 6 N–H and O–H groups in total. The lowest BCUT2D eigenvalue weighted by atomic mass is 9.68. The van der Waals surface area contributed by atoms with Crippen LogP contribution >= 0.6 is 23.2 Å². The van der Waals surface area contributed by atoms with Gasteiger partial charge in [0.05, 0.1) is 48.3 Å². The lowest BCUT2D eigenvalue weighted by molar-refractivity contribution is 0.0453. The number of carbonyl (C=O) groups is 2. The van der Waals surface area contributed by atoms with Crippen molar-refractivity contribution in [3.05, 3.63) is 141 Å². The molecule has 4 aliphatic carbocycles. The minimum Gasteiger partial charge on any atom is -0.490 e. The number of fused-ring (bicyclic) bond motifs is 8. The molecule has 10 atom stereocenters. The van der Waals surface area contributed by atoms with Gasteiger partial charge in [-0.1, -0.05) is 59.6 Å². The van der Waals surface area contributed by atoms with Crippen molar-refractivity contribution >= 4 is 66.4 Å². The van der Waals surface area contributed by atoms with Crippen LogP contribution in [0.3, 0.4) is 0 Å². The van der Waals surface area contributed by atoms with Crippen LogP contribution in [0, 0.1) is 35.5 Å². The zero-order chi connectivity index (χ0) is 57.6. The van der Waals surface area contributed by atoms with Crippen molar-refractivity contribution in [1.82, 2.24) is 9.44 Å². The minimum absolute atomic E-state index is 0.0722. The van der Waals surface area contributed by atoms with E-state index in [1.54, 1.807) is 60.7 Å². The van der Waals surface area contributed by atoms with Gasteiger partial charge < -0.3 is 39.7 Å². The topological polar surface area (TPSA) is 232 Å². The highest BCUT2D eigenvalue weighted by atomic mass is 35.5. The lowest BCUT2D eigenvalue weighted by Gasteiger charge is -2.45. The summed E-state index contributed by atoms with van der Waals surface area (Å²) < 4.78 is 68.7. The van der Waals surface area contributed by atoms with Gasteiger partial charge in [-0.3, -0.25) is 9.59 Å². The molecule has 16 nitrogen and oxygen atoms in total. The molecule has 4 aromatic rings. The molecule has 0 aromatic heterocycles. The zero-order valence-electron chi connectivity index (χ0n) is 45.9. The maximum atomic E-state index is 13.2. The first-order valence-electron chi connectivity index (χ1n) is 28.9. The molecule has 4 heterocycles. The van der Waals surface area contributed by atoms with Crippen LogP contribution in [0.5, 0.6) is 11.5 Å². The summed E-state index contributed by atoms with van der Waals surface area (Å²) in [4.78, 5) is 30.9. The van der Waals surface area contributed by atoms with E-state index in [2.05, 4.69) is 43.5 Å². The first kappa shape index (κ1) is 58.6. The second-order valence-corrected chi connectivity index (χ2v) is 28.8. The molecule has 2 saturated carbocycles. The highest BCUT2D eigenvalue weighted by Gasteiger charge is 2.47. The standard InChI is InChI=1S/2C31H37ClN2O6S/c2*32-24-8-10-26-21(13-24)4-2-12-31(26)18-34-15-23-6-9-25(23)28(36)5-1-3-20(16-35)17-41(38,39)33-30(37)22-7-11-29(40-19-31)27(34)14-22/h2*1,5,7-8,10-11,13-14,20,23,25,28,35-36H,2-4,6,9,12,15-19H2,(H,33,37)/b2*5-1+/t20-,23+,25-,28-,31+;20-,23-,25+,28+,31-/m10/s1. The third-order valence-electron chi connectivity index (χ3n) is 18.9. The number of amides is 2.